The molecule has 0 rings (SSSR count). The SMILES string of the molecule is CC(=NN(C)C)C(C)(C)[O-].[K+]. The Balaban J connectivity index is 0. The van der Waals surface area contributed by atoms with Crippen LogP contribution in [0.2, 0.25) is 0 Å². The quantitative estimate of drug-likeness (QED) is 0.260. The first-order valence-electron chi connectivity index (χ1n) is 3.27. The molecular formula is C7H15KN2O. The first kappa shape index (κ1) is 14.6. The maximum atomic E-state index is 11.2. The van der Waals surface area contributed by atoms with Crippen LogP contribution < -0.4 is 56.5 Å². The molecule has 0 atom stereocenters. The van der Waals surface area contributed by atoms with Gasteiger partial charge in [0.05, 0.1) is 0 Å². The molecule has 0 amide bonds. The largest absolute Gasteiger partial charge is 1.00 e. The third kappa shape index (κ3) is 7.43. The molecule has 0 aromatic rings. The van der Waals surface area contributed by atoms with E-state index in [1.54, 1.807) is 39.9 Å². The molecule has 0 N–H and O–H groups in total. The molecule has 0 aliphatic heterocycles. The average Bonchev–Trinajstić information content (AvgIpc) is 1.60. The van der Waals surface area contributed by atoms with E-state index in [9.17, 15) is 5.11 Å². The molecule has 0 aromatic heterocycles. The van der Waals surface area contributed by atoms with Crippen LogP contribution in [0.5, 0.6) is 0 Å². The summed E-state index contributed by atoms with van der Waals surface area (Å²) in [6, 6.07) is 0. The number of nitrogens with zero attached hydrogens (tertiary/aromatic N) is 2. The smallest absolute Gasteiger partial charge is 0.845 e. The van der Waals surface area contributed by atoms with Crippen LogP contribution in [0.4, 0.5) is 0 Å². The molecule has 0 unspecified atom stereocenters. The standard InChI is InChI=1S/C7H15N2O.K/c1-6(7(2,3)10)8-9(4)5;/h1-5H3;/q-1;+1. The van der Waals surface area contributed by atoms with Crippen LogP contribution >= 0.6 is 0 Å². The molecular weight excluding hydrogens is 167 g/mol. The Morgan fingerprint density at radius 3 is 1.82 bits per heavy atom. The molecule has 60 valence electrons. The van der Waals surface area contributed by atoms with Gasteiger partial charge >= 0.3 is 51.4 Å². The minimum Gasteiger partial charge on any atom is -0.845 e. The van der Waals surface area contributed by atoms with E-state index >= 15 is 0 Å². The molecule has 0 aromatic carbocycles. The van der Waals surface area contributed by atoms with Gasteiger partial charge in [-0.25, -0.2) is 0 Å². The zero-order chi connectivity index (χ0) is 8.36. The van der Waals surface area contributed by atoms with Gasteiger partial charge in [0, 0.05) is 19.8 Å². The van der Waals surface area contributed by atoms with Gasteiger partial charge in [-0.2, -0.15) is 5.10 Å². The third-order valence-electron chi connectivity index (χ3n) is 1.22. The van der Waals surface area contributed by atoms with Gasteiger partial charge in [-0.1, -0.05) is 19.4 Å². The minimum atomic E-state index is -1.05. The van der Waals surface area contributed by atoms with Crippen molar-refractivity contribution in [2.75, 3.05) is 14.1 Å². The zero-order valence-corrected chi connectivity index (χ0v) is 11.4. The van der Waals surface area contributed by atoms with Gasteiger partial charge in [0.1, 0.15) is 0 Å². The fourth-order valence-electron chi connectivity index (χ4n) is 0.420. The first-order valence-corrected chi connectivity index (χ1v) is 3.27. The maximum Gasteiger partial charge on any atom is 1.00 e. The predicted octanol–water partition coefficient (Wildman–Crippen LogP) is -2.93. The summed E-state index contributed by atoms with van der Waals surface area (Å²) in [6.45, 7) is 4.96. The van der Waals surface area contributed by atoms with E-state index in [2.05, 4.69) is 5.10 Å². The van der Waals surface area contributed by atoms with Crippen molar-refractivity contribution in [3.05, 3.63) is 0 Å². The van der Waals surface area contributed by atoms with Gasteiger partial charge in [0.25, 0.3) is 0 Å². The van der Waals surface area contributed by atoms with Crippen molar-refractivity contribution in [2.45, 2.75) is 26.4 Å². The van der Waals surface area contributed by atoms with Crippen LogP contribution in [0.1, 0.15) is 20.8 Å². The topological polar surface area (TPSA) is 38.7 Å². The number of hydrogen-bond acceptors (Lipinski definition) is 3. The Hall–Kier alpha value is 1.07. The van der Waals surface area contributed by atoms with E-state index in [4.69, 9.17) is 0 Å². The molecule has 0 radical (unpaired) electrons. The summed E-state index contributed by atoms with van der Waals surface area (Å²) in [6.07, 6.45) is 0. The van der Waals surface area contributed by atoms with Crippen molar-refractivity contribution < 1.29 is 56.5 Å². The molecule has 0 spiro atoms. The van der Waals surface area contributed by atoms with Gasteiger partial charge in [-0.05, 0) is 6.92 Å². The molecule has 0 saturated heterocycles. The zero-order valence-electron chi connectivity index (χ0n) is 8.30. The van der Waals surface area contributed by atoms with Crippen LogP contribution in [0.3, 0.4) is 0 Å². The molecule has 0 aliphatic rings. The Morgan fingerprint density at radius 2 is 1.73 bits per heavy atom. The van der Waals surface area contributed by atoms with E-state index in [0.717, 1.165) is 0 Å². The molecule has 0 aliphatic carbocycles. The molecule has 0 heterocycles. The maximum absolute atomic E-state index is 11.2. The first-order chi connectivity index (χ1) is 4.34. The minimum absolute atomic E-state index is 0. The van der Waals surface area contributed by atoms with Crippen LogP contribution in [0.15, 0.2) is 5.10 Å². The fraction of sp³-hybridized carbons (Fsp3) is 0.857. The molecule has 11 heavy (non-hydrogen) atoms. The Kier molecular flexibility index (Phi) is 7.51. The normalized spacial score (nSPS) is 12.4. The van der Waals surface area contributed by atoms with Crippen LogP contribution in [-0.2, 0) is 0 Å². The molecule has 0 saturated carbocycles. The van der Waals surface area contributed by atoms with Crippen LogP contribution in [0.25, 0.3) is 0 Å². The fourth-order valence-corrected chi connectivity index (χ4v) is 0.420. The van der Waals surface area contributed by atoms with Crippen molar-refractivity contribution in [3.8, 4) is 0 Å². The third-order valence-corrected chi connectivity index (χ3v) is 1.22. The van der Waals surface area contributed by atoms with E-state index in [0.29, 0.717) is 5.71 Å². The van der Waals surface area contributed by atoms with Crippen molar-refractivity contribution in [2.24, 2.45) is 5.10 Å². The second kappa shape index (κ2) is 5.67. The van der Waals surface area contributed by atoms with Crippen LogP contribution in [-0.4, -0.2) is 30.4 Å². The van der Waals surface area contributed by atoms with Gasteiger partial charge in [0.2, 0.25) is 0 Å². The molecule has 4 heteroatoms. The summed E-state index contributed by atoms with van der Waals surface area (Å²) in [7, 11) is 3.60. The van der Waals surface area contributed by atoms with Gasteiger partial charge < -0.3 is 10.1 Å². The summed E-state index contributed by atoms with van der Waals surface area (Å²) in [5, 5.41) is 16.8. The predicted molar refractivity (Wildman–Crippen MR) is 40.9 cm³/mol. The Bertz CT molecular complexity index is 138. The molecule has 3 nitrogen and oxygen atoms in total. The van der Waals surface area contributed by atoms with Crippen molar-refractivity contribution >= 4 is 5.71 Å². The van der Waals surface area contributed by atoms with Gasteiger partial charge in [0.15, 0.2) is 0 Å². The monoisotopic (exact) mass is 182 g/mol. The summed E-state index contributed by atoms with van der Waals surface area (Å²) in [4.78, 5) is 0. The van der Waals surface area contributed by atoms with E-state index in [-0.39, 0.29) is 51.4 Å². The van der Waals surface area contributed by atoms with E-state index in [1.165, 1.54) is 0 Å². The second-order valence-corrected chi connectivity index (χ2v) is 3.04. The van der Waals surface area contributed by atoms with Crippen LogP contribution in [0, 0.1) is 0 Å². The Labute approximate surface area is 111 Å². The average molecular weight is 182 g/mol. The van der Waals surface area contributed by atoms with E-state index in [1.807, 2.05) is 0 Å². The van der Waals surface area contributed by atoms with Crippen molar-refractivity contribution in [1.82, 2.24) is 5.01 Å². The Morgan fingerprint density at radius 1 is 1.36 bits per heavy atom. The summed E-state index contributed by atoms with van der Waals surface area (Å²) >= 11 is 0. The van der Waals surface area contributed by atoms with Gasteiger partial charge in [-0.3, -0.25) is 0 Å². The van der Waals surface area contributed by atoms with Gasteiger partial charge in [-0.15, -0.1) is 0 Å². The summed E-state index contributed by atoms with van der Waals surface area (Å²) in [5.41, 5.74) is -0.443. The molecule has 0 bridgehead atoms. The van der Waals surface area contributed by atoms with E-state index < -0.39 is 5.60 Å². The number of rotatable bonds is 2. The van der Waals surface area contributed by atoms with Crippen molar-refractivity contribution in [3.63, 3.8) is 0 Å². The summed E-state index contributed by atoms with van der Waals surface area (Å²) < 4.78 is 0. The summed E-state index contributed by atoms with van der Waals surface area (Å²) in [5.74, 6) is 0. The molecule has 0 fully saturated rings. The number of hydrogen-bond donors (Lipinski definition) is 0. The second-order valence-electron chi connectivity index (χ2n) is 3.04. The number of hydrazone groups is 1. The van der Waals surface area contributed by atoms with Crippen molar-refractivity contribution in [1.29, 1.82) is 0 Å².